The summed E-state index contributed by atoms with van der Waals surface area (Å²) in [7, 11) is 3.33. The van der Waals surface area contributed by atoms with Crippen LogP contribution >= 0.6 is 11.8 Å². The number of nitrogens with zero attached hydrogens (tertiary/aromatic N) is 2. The number of carboxylic acids is 1. The van der Waals surface area contributed by atoms with Crippen LogP contribution in [-0.2, 0) is 4.79 Å². The zero-order valence-corrected chi connectivity index (χ0v) is 10.7. The Morgan fingerprint density at radius 3 is 2.47 bits per heavy atom. The average Bonchev–Trinajstić information content (AvgIpc) is 2.28. The van der Waals surface area contributed by atoms with Crippen molar-refractivity contribution in [3.63, 3.8) is 0 Å². The normalized spacial score (nSPS) is 11.9. The number of carboxylic acid groups (broad SMARTS) is 1. The van der Waals surface area contributed by atoms with E-state index in [0.29, 0.717) is 10.6 Å². The first-order valence-corrected chi connectivity index (χ1v) is 5.87. The molecule has 0 saturated carbocycles. The highest BCUT2D eigenvalue weighted by molar-refractivity contribution is 8.00. The van der Waals surface area contributed by atoms with Crippen LogP contribution in [0, 0.1) is 0 Å². The third kappa shape index (κ3) is 3.74. The van der Waals surface area contributed by atoms with Crippen molar-refractivity contribution in [3.8, 4) is 0 Å². The standard InChI is InChI=1S/C11H14N2O3S/c1-7(11(15)16)17-9-5-4-8(6-12-9)10(14)13(2)3/h4-7H,1-3H3,(H,15,16). The maximum atomic E-state index is 11.6. The van der Waals surface area contributed by atoms with Crippen molar-refractivity contribution in [1.82, 2.24) is 9.88 Å². The predicted molar refractivity (Wildman–Crippen MR) is 65.2 cm³/mol. The molecule has 0 aliphatic heterocycles. The van der Waals surface area contributed by atoms with Crippen molar-refractivity contribution in [2.45, 2.75) is 17.2 Å². The van der Waals surface area contributed by atoms with E-state index in [-0.39, 0.29) is 5.91 Å². The first-order valence-electron chi connectivity index (χ1n) is 4.99. The minimum atomic E-state index is -0.884. The van der Waals surface area contributed by atoms with Crippen molar-refractivity contribution in [2.24, 2.45) is 0 Å². The molecule has 1 aromatic heterocycles. The molecule has 0 aliphatic rings. The van der Waals surface area contributed by atoms with E-state index in [0.717, 1.165) is 11.8 Å². The maximum absolute atomic E-state index is 11.6. The molecule has 0 fully saturated rings. The Kier molecular flexibility index (Phi) is 4.51. The van der Waals surface area contributed by atoms with E-state index in [4.69, 9.17) is 5.11 Å². The summed E-state index contributed by atoms with van der Waals surface area (Å²) in [5.74, 6) is -1.01. The molecule has 92 valence electrons. The second-order valence-electron chi connectivity index (χ2n) is 3.68. The van der Waals surface area contributed by atoms with Crippen LogP contribution in [0.2, 0.25) is 0 Å². The number of carbonyl (C=O) groups is 2. The van der Waals surface area contributed by atoms with Crippen molar-refractivity contribution >= 4 is 23.6 Å². The lowest BCUT2D eigenvalue weighted by atomic mass is 10.2. The van der Waals surface area contributed by atoms with E-state index in [1.807, 2.05) is 0 Å². The van der Waals surface area contributed by atoms with Crippen LogP contribution < -0.4 is 0 Å². The molecule has 1 rings (SSSR count). The van der Waals surface area contributed by atoms with Gasteiger partial charge in [-0.25, -0.2) is 4.98 Å². The highest BCUT2D eigenvalue weighted by Crippen LogP contribution is 2.21. The monoisotopic (exact) mass is 254 g/mol. The fourth-order valence-electron chi connectivity index (χ4n) is 1.07. The van der Waals surface area contributed by atoms with E-state index in [1.54, 1.807) is 33.2 Å². The van der Waals surface area contributed by atoms with Crippen LogP contribution in [0.25, 0.3) is 0 Å². The highest BCUT2D eigenvalue weighted by atomic mass is 32.2. The van der Waals surface area contributed by atoms with Gasteiger partial charge < -0.3 is 10.0 Å². The molecule has 6 heteroatoms. The van der Waals surface area contributed by atoms with Crippen LogP contribution in [0.1, 0.15) is 17.3 Å². The minimum absolute atomic E-state index is 0.125. The van der Waals surface area contributed by atoms with Crippen LogP contribution in [0.5, 0.6) is 0 Å². The second-order valence-corrected chi connectivity index (χ2v) is 5.04. The van der Waals surface area contributed by atoms with Crippen LogP contribution in [0.15, 0.2) is 23.4 Å². The van der Waals surface area contributed by atoms with Crippen molar-refractivity contribution in [1.29, 1.82) is 0 Å². The summed E-state index contributed by atoms with van der Waals surface area (Å²) < 4.78 is 0. The van der Waals surface area contributed by atoms with Crippen molar-refractivity contribution in [2.75, 3.05) is 14.1 Å². The summed E-state index contributed by atoms with van der Waals surface area (Å²) in [5, 5.41) is 8.78. The molecule has 0 radical (unpaired) electrons. The van der Waals surface area contributed by atoms with Gasteiger partial charge in [0.1, 0.15) is 5.25 Å². The third-order valence-electron chi connectivity index (χ3n) is 2.03. The Labute approximate surface area is 104 Å². The molecule has 1 atom stereocenters. The number of amides is 1. The summed E-state index contributed by atoms with van der Waals surface area (Å²) in [6.45, 7) is 1.59. The molecule has 1 N–H and O–H groups in total. The lowest BCUT2D eigenvalue weighted by Gasteiger charge is -2.10. The van der Waals surface area contributed by atoms with Crippen molar-refractivity contribution in [3.05, 3.63) is 23.9 Å². The van der Waals surface area contributed by atoms with Gasteiger partial charge in [0, 0.05) is 20.3 Å². The fraction of sp³-hybridized carbons (Fsp3) is 0.364. The molecular formula is C11H14N2O3S. The van der Waals surface area contributed by atoms with E-state index in [9.17, 15) is 9.59 Å². The molecule has 17 heavy (non-hydrogen) atoms. The molecule has 1 unspecified atom stereocenters. The number of thioether (sulfide) groups is 1. The van der Waals surface area contributed by atoms with E-state index in [2.05, 4.69) is 4.98 Å². The summed E-state index contributed by atoms with van der Waals surface area (Å²) in [4.78, 5) is 27.7. The summed E-state index contributed by atoms with van der Waals surface area (Å²) in [6, 6.07) is 3.30. The van der Waals surface area contributed by atoms with Gasteiger partial charge in [0.2, 0.25) is 0 Å². The largest absolute Gasteiger partial charge is 0.480 e. The molecule has 0 bridgehead atoms. The van der Waals surface area contributed by atoms with Gasteiger partial charge in [0.05, 0.1) is 10.6 Å². The van der Waals surface area contributed by atoms with Crippen molar-refractivity contribution < 1.29 is 14.7 Å². The van der Waals surface area contributed by atoms with Crippen LogP contribution in [-0.4, -0.2) is 46.2 Å². The Balaban J connectivity index is 2.75. The smallest absolute Gasteiger partial charge is 0.316 e. The van der Waals surface area contributed by atoms with Gasteiger partial charge in [-0.15, -0.1) is 0 Å². The molecule has 0 saturated heterocycles. The number of pyridine rings is 1. The van der Waals surface area contributed by atoms with E-state index >= 15 is 0 Å². The molecule has 1 aromatic rings. The summed E-state index contributed by atoms with van der Waals surface area (Å²) in [6.07, 6.45) is 1.46. The van der Waals surface area contributed by atoms with Crippen LogP contribution in [0.3, 0.4) is 0 Å². The van der Waals surface area contributed by atoms with Gasteiger partial charge in [0.15, 0.2) is 0 Å². The molecule has 0 aliphatic carbocycles. The Bertz CT molecular complexity index is 417. The molecular weight excluding hydrogens is 240 g/mol. The zero-order valence-electron chi connectivity index (χ0n) is 9.88. The SMILES string of the molecule is CC(Sc1ccc(C(=O)N(C)C)cn1)C(=O)O. The number of aromatic nitrogens is 1. The zero-order chi connectivity index (χ0) is 13.0. The van der Waals surface area contributed by atoms with Crippen LogP contribution in [0.4, 0.5) is 0 Å². The molecule has 1 heterocycles. The highest BCUT2D eigenvalue weighted by Gasteiger charge is 2.14. The predicted octanol–water partition coefficient (Wildman–Crippen LogP) is 1.35. The van der Waals surface area contributed by atoms with E-state index in [1.165, 1.54) is 11.1 Å². The van der Waals surface area contributed by atoms with Gasteiger partial charge in [-0.1, -0.05) is 11.8 Å². The number of rotatable bonds is 4. The first kappa shape index (κ1) is 13.5. The number of carbonyl (C=O) groups excluding carboxylic acids is 1. The third-order valence-corrected chi connectivity index (χ3v) is 3.07. The first-order chi connectivity index (χ1) is 7.91. The molecule has 1 amide bonds. The molecule has 5 nitrogen and oxygen atoms in total. The summed E-state index contributed by atoms with van der Waals surface area (Å²) in [5.41, 5.74) is 0.488. The van der Waals surface area contributed by atoms with E-state index < -0.39 is 11.2 Å². The number of hydrogen-bond donors (Lipinski definition) is 1. The van der Waals surface area contributed by atoms with Gasteiger partial charge in [-0.3, -0.25) is 9.59 Å². The average molecular weight is 254 g/mol. The number of aliphatic carboxylic acids is 1. The van der Waals surface area contributed by atoms with Gasteiger partial charge in [-0.05, 0) is 19.1 Å². The maximum Gasteiger partial charge on any atom is 0.316 e. The fourth-order valence-corrected chi connectivity index (χ4v) is 1.79. The minimum Gasteiger partial charge on any atom is -0.480 e. The van der Waals surface area contributed by atoms with Gasteiger partial charge >= 0.3 is 5.97 Å². The number of hydrogen-bond acceptors (Lipinski definition) is 4. The Hall–Kier alpha value is -1.56. The lowest BCUT2D eigenvalue weighted by Crippen LogP contribution is -2.21. The Morgan fingerprint density at radius 1 is 1.41 bits per heavy atom. The van der Waals surface area contributed by atoms with Gasteiger partial charge in [-0.2, -0.15) is 0 Å². The topological polar surface area (TPSA) is 70.5 Å². The molecule has 0 spiro atoms. The quantitative estimate of drug-likeness (QED) is 0.821. The van der Waals surface area contributed by atoms with Gasteiger partial charge in [0.25, 0.3) is 5.91 Å². The second kappa shape index (κ2) is 5.67. The summed E-state index contributed by atoms with van der Waals surface area (Å²) >= 11 is 1.14. The lowest BCUT2D eigenvalue weighted by molar-refractivity contribution is -0.136. The molecule has 0 aromatic carbocycles. The Morgan fingerprint density at radius 2 is 2.06 bits per heavy atom.